The minimum Gasteiger partial charge on any atom is -0.472 e. The van der Waals surface area contributed by atoms with Gasteiger partial charge < -0.3 is 19.0 Å². The average Bonchev–Trinajstić information content (AvgIpc) is 3.50. The standard InChI is InChI=1S/C28H34O6/c1-15(29)34-21-12-19-27(4,18-7-6-17(26(18,21)3)16-9-11-32-13-16)24(31)22-23-25(2,14-33-22)10-8-20(30)28(19,23)5/h7-11,13,17,19,21-24,31H,6,12,14H2,1-5H3/t17-,19-,21-,22+,23-,24+,25-,26+,27-,28-/m0/s1. The number of furan rings is 1. The molecule has 0 bridgehead atoms. The molecular weight excluding hydrogens is 432 g/mol. The monoisotopic (exact) mass is 466 g/mol. The Morgan fingerprint density at radius 2 is 1.94 bits per heavy atom. The summed E-state index contributed by atoms with van der Waals surface area (Å²) in [7, 11) is 0. The molecule has 5 aliphatic rings. The fraction of sp³-hybridized carbons (Fsp3) is 0.643. The van der Waals surface area contributed by atoms with Gasteiger partial charge in [0.05, 0.1) is 31.3 Å². The molecule has 4 aliphatic carbocycles. The van der Waals surface area contributed by atoms with Crippen molar-refractivity contribution in [1.29, 1.82) is 0 Å². The van der Waals surface area contributed by atoms with Crippen LogP contribution in [0.3, 0.4) is 0 Å². The van der Waals surface area contributed by atoms with E-state index in [1.54, 1.807) is 18.6 Å². The number of ketones is 1. The molecule has 6 rings (SSSR count). The highest BCUT2D eigenvalue weighted by molar-refractivity contribution is 5.97. The van der Waals surface area contributed by atoms with Crippen LogP contribution in [0.4, 0.5) is 0 Å². The lowest BCUT2D eigenvalue weighted by Crippen LogP contribution is -2.71. The van der Waals surface area contributed by atoms with Crippen LogP contribution in [-0.2, 0) is 19.1 Å². The summed E-state index contributed by atoms with van der Waals surface area (Å²) in [6.07, 6.45) is 9.06. The number of esters is 1. The number of fused-ring (bicyclic) bond motifs is 4. The van der Waals surface area contributed by atoms with Crippen molar-refractivity contribution in [1.82, 2.24) is 0 Å². The third kappa shape index (κ3) is 2.39. The number of hydrogen-bond donors (Lipinski definition) is 1. The Labute approximate surface area is 200 Å². The second-order valence-electron chi connectivity index (χ2n) is 12.1. The van der Waals surface area contributed by atoms with Gasteiger partial charge in [-0.05, 0) is 36.5 Å². The summed E-state index contributed by atoms with van der Waals surface area (Å²) in [4.78, 5) is 26.0. The molecule has 10 atom stereocenters. The van der Waals surface area contributed by atoms with E-state index in [0.717, 1.165) is 17.6 Å². The Balaban J connectivity index is 1.56. The van der Waals surface area contributed by atoms with Gasteiger partial charge in [-0.25, -0.2) is 0 Å². The van der Waals surface area contributed by atoms with Gasteiger partial charge >= 0.3 is 5.97 Å². The van der Waals surface area contributed by atoms with Crippen molar-refractivity contribution in [2.75, 3.05) is 6.61 Å². The minimum absolute atomic E-state index is 0.0535. The highest BCUT2D eigenvalue weighted by Gasteiger charge is 2.76. The molecule has 1 aromatic rings. The average molecular weight is 467 g/mol. The maximum Gasteiger partial charge on any atom is 0.302 e. The molecular formula is C28H34O6. The van der Waals surface area contributed by atoms with E-state index in [1.807, 2.05) is 12.1 Å². The number of carbonyl (C=O) groups excluding carboxylic acids is 2. The third-order valence-electron chi connectivity index (χ3n) is 10.6. The molecule has 2 heterocycles. The van der Waals surface area contributed by atoms with E-state index in [2.05, 4.69) is 33.8 Å². The molecule has 0 spiro atoms. The first-order chi connectivity index (χ1) is 16.0. The van der Waals surface area contributed by atoms with Crippen molar-refractivity contribution >= 4 is 11.8 Å². The van der Waals surface area contributed by atoms with Crippen molar-refractivity contribution in [3.05, 3.63) is 48.0 Å². The van der Waals surface area contributed by atoms with Gasteiger partial charge in [-0.15, -0.1) is 0 Å². The minimum atomic E-state index is -0.761. The van der Waals surface area contributed by atoms with Crippen LogP contribution in [0, 0.1) is 33.5 Å². The topological polar surface area (TPSA) is 86.0 Å². The molecule has 6 nitrogen and oxygen atoms in total. The largest absolute Gasteiger partial charge is 0.472 e. The predicted molar refractivity (Wildman–Crippen MR) is 124 cm³/mol. The zero-order valence-electron chi connectivity index (χ0n) is 20.5. The number of allylic oxidation sites excluding steroid dienone is 2. The van der Waals surface area contributed by atoms with Crippen molar-refractivity contribution in [3.8, 4) is 0 Å². The molecule has 6 heteroatoms. The number of rotatable bonds is 2. The fourth-order valence-corrected chi connectivity index (χ4v) is 9.15. The summed E-state index contributed by atoms with van der Waals surface area (Å²) in [6, 6.07) is 1.97. The van der Waals surface area contributed by atoms with Crippen LogP contribution in [0.1, 0.15) is 58.9 Å². The van der Waals surface area contributed by atoms with E-state index in [9.17, 15) is 14.7 Å². The normalized spacial score (nSPS) is 50.9. The highest BCUT2D eigenvalue weighted by Crippen LogP contribution is 2.74. The smallest absolute Gasteiger partial charge is 0.302 e. The lowest BCUT2D eigenvalue weighted by atomic mass is 9.37. The maximum atomic E-state index is 13.7. The summed E-state index contributed by atoms with van der Waals surface area (Å²) in [6.45, 7) is 10.4. The first-order valence-corrected chi connectivity index (χ1v) is 12.4. The van der Waals surface area contributed by atoms with Crippen molar-refractivity contribution in [2.24, 2.45) is 33.5 Å². The first-order valence-electron chi connectivity index (χ1n) is 12.4. The Morgan fingerprint density at radius 1 is 1.18 bits per heavy atom. The quantitative estimate of drug-likeness (QED) is 0.519. The summed E-state index contributed by atoms with van der Waals surface area (Å²) >= 11 is 0. The number of carbonyl (C=O) groups is 2. The van der Waals surface area contributed by atoms with Gasteiger partial charge in [0.2, 0.25) is 0 Å². The molecule has 1 aliphatic heterocycles. The lowest BCUT2D eigenvalue weighted by Gasteiger charge is -2.66. The van der Waals surface area contributed by atoms with Gasteiger partial charge in [0.15, 0.2) is 5.78 Å². The molecule has 3 fully saturated rings. The lowest BCUT2D eigenvalue weighted by molar-refractivity contribution is -0.216. The Bertz CT molecular complexity index is 1120. The second kappa shape index (κ2) is 6.73. The number of aliphatic hydroxyl groups is 1. The summed E-state index contributed by atoms with van der Waals surface area (Å²) in [5.74, 6) is -0.502. The van der Waals surface area contributed by atoms with E-state index in [0.29, 0.717) is 13.0 Å². The third-order valence-corrected chi connectivity index (χ3v) is 10.6. The van der Waals surface area contributed by atoms with Gasteiger partial charge in [0.1, 0.15) is 6.10 Å². The molecule has 0 unspecified atom stereocenters. The van der Waals surface area contributed by atoms with Gasteiger partial charge in [-0.1, -0.05) is 45.4 Å². The SMILES string of the molecule is CC(=O)O[C@H]1C[C@H]2[C@](C)(C3=CC[C@@H](c4ccoc4)[C@]31C)[C@H](O)[C@@H]1OC[C@]3(C)C=CC(=O)[C@@]2(C)[C@@H]13. The van der Waals surface area contributed by atoms with Crippen LogP contribution in [0.2, 0.25) is 0 Å². The van der Waals surface area contributed by atoms with E-state index in [-0.39, 0.29) is 34.9 Å². The van der Waals surface area contributed by atoms with E-state index in [4.69, 9.17) is 13.9 Å². The molecule has 2 saturated carbocycles. The van der Waals surface area contributed by atoms with Crippen LogP contribution in [0.15, 0.2) is 46.8 Å². The molecule has 1 aromatic heterocycles. The Kier molecular flexibility index (Phi) is 4.41. The molecule has 0 radical (unpaired) electrons. The van der Waals surface area contributed by atoms with Gasteiger partial charge in [-0.3, -0.25) is 9.59 Å². The summed E-state index contributed by atoms with van der Waals surface area (Å²) < 4.78 is 17.8. The number of aliphatic hydroxyl groups excluding tert-OH is 1. The Hall–Kier alpha value is -2.18. The predicted octanol–water partition coefficient (Wildman–Crippen LogP) is 4.20. The molecule has 1 saturated heterocycles. The zero-order chi connectivity index (χ0) is 24.3. The second-order valence-corrected chi connectivity index (χ2v) is 12.1. The van der Waals surface area contributed by atoms with Gasteiger partial charge in [0.25, 0.3) is 0 Å². The Morgan fingerprint density at radius 3 is 2.62 bits per heavy atom. The molecule has 0 aromatic carbocycles. The number of hydrogen-bond acceptors (Lipinski definition) is 6. The summed E-state index contributed by atoms with van der Waals surface area (Å²) in [5.41, 5.74) is -0.111. The van der Waals surface area contributed by atoms with Crippen LogP contribution < -0.4 is 0 Å². The highest BCUT2D eigenvalue weighted by atomic mass is 16.5. The number of ether oxygens (including phenoxy) is 2. The van der Waals surface area contributed by atoms with Gasteiger partial charge in [0, 0.05) is 40.4 Å². The van der Waals surface area contributed by atoms with Crippen LogP contribution in [-0.4, -0.2) is 41.8 Å². The summed E-state index contributed by atoms with van der Waals surface area (Å²) in [5, 5.41) is 12.0. The molecule has 0 amide bonds. The van der Waals surface area contributed by atoms with Crippen LogP contribution >= 0.6 is 0 Å². The van der Waals surface area contributed by atoms with E-state index in [1.165, 1.54) is 6.92 Å². The van der Waals surface area contributed by atoms with Crippen molar-refractivity contribution in [2.45, 2.75) is 71.7 Å². The van der Waals surface area contributed by atoms with Gasteiger partial charge in [-0.2, -0.15) is 0 Å². The van der Waals surface area contributed by atoms with E-state index < -0.39 is 34.6 Å². The van der Waals surface area contributed by atoms with Crippen molar-refractivity contribution < 1.29 is 28.6 Å². The van der Waals surface area contributed by atoms with E-state index >= 15 is 0 Å². The fourth-order valence-electron chi connectivity index (χ4n) is 9.15. The van der Waals surface area contributed by atoms with Crippen LogP contribution in [0.5, 0.6) is 0 Å². The van der Waals surface area contributed by atoms with Crippen molar-refractivity contribution in [3.63, 3.8) is 0 Å². The molecule has 182 valence electrons. The molecule has 1 N–H and O–H groups in total. The van der Waals surface area contributed by atoms with Crippen LogP contribution in [0.25, 0.3) is 0 Å². The zero-order valence-corrected chi connectivity index (χ0v) is 20.5. The maximum absolute atomic E-state index is 13.7. The first kappa shape index (κ1) is 22.3. The molecule has 34 heavy (non-hydrogen) atoms.